The number of hydrogen-bond acceptors (Lipinski definition) is 8. The molecule has 0 unspecified atom stereocenters. The number of carbonyl (C=O) groups excluding carboxylic acids is 1. The van der Waals surface area contributed by atoms with Gasteiger partial charge < -0.3 is 9.47 Å². The van der Waals surface area contributed by atoms with Crippen LogP contribution in [0.5, 0.6) is 5.75 Å². The van der Waals surface area contributed by atoms with Crippen LogP contribution in [0, 0.1) is 0 Å². The van der Waals surface area contributed by atoms with Crippen molar-refractivity contribution in [3.05, 3.63) is 78.4 Å². The third-order valence-corrected chi connectivity index (χ3v) is 4.77. The summed E-state index contributed by atoms with van der Waals surface area (Å²) >= 11 is 0. The first kappa shape index (κ1) is 18.6. The molecule has 31 heavy (non-hydrogen) atoms. The zero-order valence-corrected chi connectivity index (χ0v) is 16.5. The van der Waals surface area contributed by atoms with Crippen LogP contribution < -0.4 is 4.74 Å². The summed E-state index contributed by atoms with van der Waals surface area (Å²) in [6.07, 6.45) is 3.31. The molecule has 2 aromatic carbocycles. The van der Waals surface area contributed by atoms with Crippen molar-refractivity contribution in [2.75, 3.05) is 7.11 Å². The molecule has 0 atom stereocenters. The molecule has 5 aromatic rings. The first-order valence-corrected chi connectivity index (χ1v) is 9.45. The Morgan fingerprint density at radius 1 is 1.00 bits per heavy atom. The van der Waals surface area contributed by atoms with Crippen molar-refractivity contribution in [3.63, 3.8) is 0 Å². The minimum atomic E-state index is -0.394. The van der Waals surface area contributed by atoms with Gasteiger partial charge in [-0.25, -0.2) is 9.78 Å². The number of nitrogens with zero attached hydrogens (tertiary/aromatic N) is 6. The molecular formula is C22H16N6O3. The fraction of sp³-hybridized carbons (Fsp3) is 0.0909. The molecule has 152 valence electrons. The molecule has 0 N–H and O–H groups in total. The summed E-state index contributed by atoms with van der Waals surface area (Å²) in [7, 11) is 1.35. The van der Waals surface area contributed by atoms with E-state index in [0.717, 1.165) is 16.5 Å². The van der Waals surface area contributed by atoms with Crippen molar-refractivity contribution in [3.8, 4) is 17.0 Å². The van der Waals surface area contributed by atoms with E-state index in [0.29, 0.717) is 28.6 Å². The van der Waals surface area contributed by atoms with E-state index in [9.17, 15) is 4.79 Å². The number of para-hydroxylation sites is 1. The molecule has 9 nitrogen and oxygen atoms in total. The Hall–Kier alpha value is -4.40. The molecule has 0 saturated heterocycles. The molecule has 3 heterocycles. The SMILES string of the molecule is COC(=O)c1ccc(-c2cnc3nnc(COc4ccnc5ccccc45)n3n2)cc1. The predicted molar refractivity (Wildman–Crippen MR) is 111 cm³/mol. The lowest BCUT2D eigenvalue weighted by atomic mass is 10.1. The zero-order valence-electron chi connectivity index (χ0n) is 16.5. The first-order valence-electron chi connectivity index (χ1n) is 9.45. The van der Waals surface area contributed by atoms with Crippen molar-refractivity contribution < 1.29 is 14.3 Å². The van der Waals surface area contributed by atoms with Gasteiger partial charge in [0.05, 0.1) is 24.4 Å². The van der Waals surface area contributed by atoms with E-state index < -0.39 is 5.97 Å². The van der Waals surface area contributed by atoms with Crippen molar-refractivity contribution in [2.45, 2.75) is 6.61 Å². The number of pyridine rings is 1. The van der Waals surface area contributed by atoms with Crippen LogP contribution >= 0.6 is 0 Å². The van der Waals surface area contributed by atoms with Gasteiger partial charge in [0.2, 0.25) is 0 Å². The molecule has 0 radical (unpaired) electrons. The topological polar surface area (TPSA) is 104 Å². The number of aromatic nitrogens is 6. The number of ether oxygens (including phenoxy) is 2. The second kappa shape index (κ2) is 7.79. The second-order valence-corrected chi connectivity index (χ2v) is 6.66. The Morgan fingerprint density at radius 2 is 1.84 bits per heavy atom. The van der Waals surface area contributed by atoms with Gasteiger partial charge in [0.15, 0.2) is 5.82 Å². The number of fused-ring (bicyclic) bond motifs is 2. The van der Waals surface area contributed by atoms with Crippen LogP contribution in [0.15, 0.2) is 67.0 Å². The summed E-state index contributed by atoms with van der Waals surface area (Å²) in [6, 6.07) is 16.5. The highest BCUT2D eigenvalue weighted by Crippen LogP contribution is 2.24. The fourth-order valence-corrected chi connectivity index (χ4v) is 3.19. The van der Waals surface area contributed by atoms with Gasteiger partial charge in [-0.2, -0.15) is 9.61 Å². The maximum atomic E-state index is 11.6. The molecule has 9 heteroatoms. The second-order valence-electron chi connectivity index (χ2n) is 6.66. The molecule has 0 spiro atoms. The predicted octanol–water partition coefficient (Wildman–Crippen LogP) is 3.10. The molecule has 5 rings (SSSR count). The molecule has 0 fully saturated rings. The lowest BCUT2D eigenvalue weighted by Crippen LogP contribution is -2.06. The van der Waals surface area contributed by atoms with Gasteiger partial charge in [-0.05, 0) is 30.3 Å². The Labute approximate surface area is 176 Å². The third kappa shape index (κ3) is 3.52. The van der Waals surface area contributed by atoms with Gasteiger partial charge >= 0.3 is 5.97 Å². The van der Waals surface area contributed by atoms with Gasteiger partial charge in [0, 0.05) is 17.1 Å². The standard InChI is InChI=1S/C22H16N6O3/c1-30-21(29)15-8-6-14(7-9-15)18-12-24-22-26-25-20(28(22)27-18)13-31-19-10-11-23-17-5-3-2-4-16(17)19/h2-12H,13H2,1H3. The number of esters is 1. The maximum Gasteiger partial charge on any atom is 0.337 e. The highest BCUT2D eigenvalue weighted by atomic mass is 16.5. The van der Waals surface area contributed by atoms with E-state index >= 15 is 0 Å². The average molecular weight is 412 g/mol. The zero-order chi connectivity index (χ0) is 21.2. The van der Waals surface area contributed by atoms with E-state index in [4.69, 9.17) is 9.47 Å². The summed E-state index contributed by atoms with van der Waals surface area (Å²) in [6.45, 7) is 0.161. The Balaban J connectivity index is 1.43. The average Bonchev–Trinajstić information content (AvgIpc) is 3.24. The van der Waals surface area contributed by atoms with E-state index in [1.165, 1.54) is 7.11 Å². The van der Waals surface area contributed by atoms with Crippen molar-refractivity contribution in [1.82, 2.24) is 29.8 Å². The van der Waals surface area contributed by atoms with Crippen molar-refractivity contribution in [1.29, 1.82) is 0 Å². The van der Waals surface area contributed by atoms with Crippen LogP contribution in [0.3, 0.4) is 0 Å². The summed E-state index contributed by atoms with van der Waals surface area (Å²) in [4.78, 5) is 20.3. The van der Waals surface area contributed by atoms with Gasteiger partial charge in [0.25, 0.3) is 5.78 Å². The monoisotopic (exact) mass is 412 g/mol. The van der Waals surface area contributed by atoms with Crippen LogP contribution in [0.4, 0.5) is 0 Å². The summed E-state index contributed by atoms with van der Waals surface area (Å²) < 4.78 is 12.3. The number of carbonyl (C=O) groups is 1. The highest BCUT2D eigenvalue weighted by molar-refractivity contribution is 5.89. The number of rotatable bonds is 5. The van der Waals surface area contributed by atoms with E-state index in [1.54, 1.807) is 41.2 Å². The van der Waals surface area contributed by atoms with Crippen molar-refractivity contribution in [2.24, 2.45) is 0 Å². The third-order valence-electron chi connectivity index (χ3n) is 4.77. The largest absolute Gasteiger partial charge is 0.485 e. The molecule has 0 aliphatic heterocycles. The number of benzene rings is 2. The lowest BCUT2D eigenvalue weighted by molar-refractivity contribution is 0.0600. The molecule has 0 bridgehead atoms. The van der Waals surface area contributed by atoms with Crippen LogP contribution in [-0.4, -0.2) is 42.9 Å². The van der Waals surface area contributed by atoms with Gasteiger partial charge in [-0.15, -0.1) is 10.2 Å². The van der Waals surface area contributed by atoms with Gasteiger partial charge in [-0.1, -0.05) is 24.3 Å². The minimum absolute atomic E-state index is 0.161. The minimum Gasteiger partial charge on any atom is -0.485 e. The Bertz CT molecular complexity index is 1390. The van der Waals surface area contributed by atoms with E-state index in [2.05, 4.69) is 25.3 Å². The molecular weight excluding hydrogens is 396 g/mol. The Morgan fingerprint density at radius 3 is 2.68 bits per heavy atom. The van der Waals surface area contributed by atoms with Gasteiger partial charge in [0.1, 0.15) is 18.1 Å². The molecule has 0 saturated carbocycles. The van der Waals surface area contributed by atoms with Crippen LogP contribution in [-0.2, 0) is 11.3 Å². The highest BCUT2D eigenvalue weighted by Gasteiger charge is 2.12. The fourth-order valence-electron chi connectivity index (χ4n) is 3.19. The molecule has 0 amide bonds. The van der Waals surface area contributed by atoms with Crippen molar-refractivity contribution >= 4 is 22.6 Å². The van der Waals surface area contributed by atoms with Crippen LogP contribution in [0.2, 0.25) is 0 Å². The first-order chi connectivity index (χ1) is 15.2. The molecule has 0 aliphatic carbocycles. The van der Waals surface area contributed by atoms with Crippen LogP contribution in [0.25, 0.3) is 27.9 Å². The van der Waals surface area contributed by atoms with Gasteiger partial charge in [-0.3, -0.25) is 4.98 Å². The normalized spacial score (nSPS) is 11.0. The Kier molecular flexibility index (Phi) is 4.68. The maximum absolute atomic E-state index is 11.6. The smallest absolute Gasteiger partial charge is 0.337 e. The number of methoxy groups -OCH3 is 1. The lowest BCUT2D eigenvalue weighted by Gasteiger charge is -2.08. The van der Waals surface area contributed by atoms with Crippen LogP contribution in [0.1, 0.15) is 16.2 Å². The molecule has 3 aromatic heterocycles. The summed E-state index contributed by atoms with van der Waals surface area (Å²) in [5, 5.41) is 13.7. The quantitative estimate of drug-likeness (QED) is 0.406. The summed E-state index contributed by atoms with van der Waals surface area (Å²) in [5.74, 6) is 1.18. The van der Waals surface area contributed by atoms with E-state index in [-0.39, 0.29) is 6.61 Å². The van der Waals surface area contributed by atoms with E-state index in [1.807, 2.05) is 30.3 Å². The summed E-state index contributed by atoms with van der Waals surface area (Å²) in [5.41, 5.74) is 2.72. The molecule has 0 aliphatic rings. The number of hydrogen-bond donors (Lipinski definition) is 0.